The first kappa shape index (κ1) is 8.03. The summed E-state index contributed by atoms with van der Waals surface area (Å²) in [5.74, 6) is 0. The molecule has 0 spiro atoms. The number of nitrogens with one attached hydrogen (secondary N) is 1. The molecule has 0 bridgehead atoms. The third-order valence-corrected chi connectivity index (χ3v) is 2.16. The number of nitrogen functional groups attached to an aromatic ring is 1. The molecule has 3 N–H and O–H groups in total. The van der Waals surface area contributed by atoms with Crippen molar-refractivity contribution in [2.24, 2.45) is 0 Å². The van der Waals surface area contributed by atoms with Crippen molar-refractivity contribution in [3.63, 3.8) is 0 Å². The van der Waals surface area contributed by atoms with Crippen molar-refractivity contribution in [1.29, 1.82) is 0 Å². The molecule has 60 valence electrons. The van der Waals surface area contributed by atoms with Crippen LogP contribution in [-0.4, -0.2) is 8.42 Å². The van der Waals surface area contributed by atoms with Gasteiger partial charge in [-0.3, -0.25) is 0 Å². The van der Waals surface area contributed by atoms with Gasteiger partial charge in [0.05, 0.1) is 4.90 Å². The predicted molar refractivity (Wildman–Crippen MR) is 42.4 cm³/mol. The van der Waals surface area contributed by atoms with Crippen LogP contribution in [0.3, 0.4) is 0 Å². The van der Waals surface area contributed by atoms with Crippen LogP contribution in [0.5, 0.6) is 0 Å². The SMILES string of the molecule is [NH-]S(=O)(=O)c1ccccc1N. The Bertz CT molecular complexity index is 359. The Morgan fingerprint density at radius 3 is 2.18 bits per heavy atom. The molecule has 11 heavy (non-hydrogen) atoms. The number of hydrogen-bond donors (Lipinski definition) is 1. The topological polar surface area (TPSA) is 84.0 Å². The smallest absolute Gasteiger partial charge is 0.101 e. The quantitative estimate of drug-likeness (QED) is 0.640. The van der Waals surface area contributed by atoms with Crippen LogP contribution in [0.15, 0.2) is 29.2 Å². The lowest BCUT2D eigenvalue weighted by Gasteiger charge is -2.06. The summed E-state index contributed by atoms with van der Waals surface area (Å²) in [5.41, 5.74) is 5.42. The lowest BCUT2D eigenvalue weighted by molar-refractivity contribution is 0.605. The van der Waals surface area contributed by atoms with E-state index in [1.54, 1.807) is 6.07 Å². The summed E-state index contributed by atoms with van der Waals surface area (Å²) in [6, 6.07) is 5.89. The summed E-state index contributed by atoms with van der Waals surface area (Å²) in [7, 11) is -3.91. The van der Waals surface area contributed by atoms with E-state index in [4.69, 9.17) is 10.9 Å². The first-order valence-corrected chi connectivity index (χ1v) is 4.34. The van der Waals surface area contributed by atoms with Gasteiger partial charge in [-0.2, -0.15) is 0 Å². The lowest BCUT2D eigenvalue weighted by Crippen LogP contribution is -1.98. The highest BCUT2D eigenvalue weighted by atomic mass is 32.2. The number of benzene rings is 1. The second kappa shape index (κ2) is 2.52. The molecule has 0 aliphatic carbocycles. The second-order valence-electron chi connectivity index (χ2n) is 2.04. The normalized spacial score (nSPS) is 11.4. The van der Waals surface area contributed by atoms with Gasteiger partial charge in [0.1, 0.15) is 10.0 Å². The van der Waals surface area contributed by atoms with Crippen LogP contribution >= 0.6 is 0 Å². The number of rotatable bonds is 1. The van der Waals surface area contributed by atoms with Crippen LogP contribution in [0.4, 0.5) is 5.69 Å². The molecule has 5 heteroatoms. The minimum atomic E-state index is -3.91. The van der Waals surface area contributed by atoms with E-state index >= 15 is 0 Å². The van der Waals surface area contributed by atoms with E-state index in [0.717, 1.165) is 0 Å². The number of para-hydroxylation sites is 1. The first-order chi connectivity index (χ1) is 5.02. The van der Waals surface area contributed by atoms with Gasteiger partial charge < -0.3 is 10.9 Å². The fourth-order valence-electron chi connectivity index (χ4n) is 0.725. The van der Waals surface area contributed by atoms with Gasteiger partial charge in [0.25, 0.3) is 0 Å². The summed E-state index contributed by atoms with van der Waals surface area (Å²) >= 11 is 0. The summed E-state index contributed by atoms with van der Waals surface area (Å²) < 4.78 is 21.3. The predicted octanol–water partition coefficient (Wildman–Crippen LogP) is 1.01. The van der Waals surface area contributed by atoms with E-state index in [1.807, 2.05) is 0 Å². The fourth-order valence-corrected chi connectivity index (χ4v) is 1.36. The van der Waals surface area contributed by atoms with Gasteiger partial charge in [0.15, 0.2) is 0 Å². The summed E-state index contributed by atoms with van der Waals surface area (Å²) in [6.45, 7) is 0. The molecule has 4 nitrogen and oxygen atoms in total. The molecule has 0 heterocycles. The Balaban J connectivity index is 3.37. The second-order valence-corrected chi connectivity index (χ2v) is 3.49. The van der Waals surface area contributed by atoms with Crippen molar-refractivity contribution in [3.05, 3.63) is 29.4 Å². The maximum Gasteiger partial charge on any atom is 0.101 e. The van der Waals surface area contributed by atoms with Crippen LogP contribution in [0.2, 0.25) is 0 Å². The van der Waals surface area contributed by atoms with Crippen LogP contribution in [0, 0.1) is 0 Å². The lowest BCUT2D eigenvalue weighted by atomic mass is 10.3. The molecule has 0 saturated carbocycles. The van der Waals surface area contributed by atoms with E-state index in [9.17, 15) is 8.42 Å². The van der Waals surface area contributed by atoms with E-state index in [0.29, 0.717) is 0 Å². The number of hydrogen-bond acceptors (Lipinski definition) is 3. The number of anilines is 1. The monoisotopic (exact) mass is 171 g/mol. The third-order valence-electron chi connectivity index (χ3n) is 1.21. The highest BCUT2D eigenvalue weighted by Gasteiger charge is 2.02. The molecule has 1 rings (SSSR count). The van der Waals surface area contributed by atoms with Crippen molar-refractivity contribution < 1.29 is 8.42 Å². The van der Waals surface area contributed by atoms with E-state index in [2.05, 4.69) is 0 Å². The molecule has 0 amide bonds. The summed E-state index contributed by atoms with van der Waals surface area (Å²) in [5, 5.41) is 6.71. The van der Waals surface area contributed by atoms with E-state index in [1.165, 1.54) is 18.2 Å². The maximum absolute atomic E-state index is 10.6. The molecular weight excluding hydrogens is 164 g/mol. The zero-order valence-corrected chi connectivity index (χ0v) is 6.43. The number of sulfonamides is 1. The standard InChI is InChI=1S/C6H7N2O2S/c7-5-3-1-2-4-6(5)11(8,9)10/h1-4H,7H2,(H-,8,9,10)/q-1. The third kappa shape index (κ3) is 1.69. The Morgan fingerprint density at radius 2 is 1.82 bits per heavy atom. The van der Waals surface area contributed by atoms with Gasteiger partial charge in [-0.25, -0.2) is 8.42 Å². The number of nitrogens with two attached hydrogens (primary N) is 1. The molecule has 1 aromatic carbocycles. The van der Waals surface area contributed by atoms with Crippen molar-refractivity contribution in [3.8, 4) is 0 Å². The largest absolute Gasteiger partial charge is 0.560 e. The summed E-state index contributed by atoms with van der Waals surface area (Å²) in [6.07, 6.45) is 0. The van der Waals surface area contributed by atoms with Gasteiger partial charge in [-0.05, 0) is 12.1 Å². The van der Waals surface area contributed by atoms with Crippen molar-refractivity contribution in [1.82, 2.24) is 0 Å². The highest BCUT2D eigenvalue weighted by Crippen LogP contribution is 2.17. The Hall–Kier alpha value is -1.07. The molecule has 0 aliphatic heterocycles. The Kier molecular flexibility index (Phi) is 1.84. The van der Waals surface area contributed by atoms with Gasteiger partial charge in [0, 0.05) is 5.69 Å². The molecule has 0 fully saturated rings. The van der Waals surface area contributed by atoms with Crippen LogP contribution in [0.25, 0.3) is 5.14 Å². The minimum absolute atomic E-state index is 0.113. The molecule has 0 atom stereocenters. The van der Waals surface area contributed by atoms with Gasteiger partial charge >= 0.3 is 0 Å². The molecule has 1 aromatic rings. The molecule has 0 saturated heterocycles. The average Bonchev–Trinajstić information content (AvgIpc) is 1.86. The van der Waals surface area contributed by atoms with Crippen LogP contribution in [-0.2, 0) is 10.0 Å². The van der Waals surface area contributed by atoms with Crippen molar-refractivity contribution in [2.45, 2.75) is 4.90 Å². The van der Waals surface area contributed by atoms with E-state index in [-0.39, 0.29) is 10.6 Å². The molecule has 0 aromatic heterocycles. The van der Waals surface area contributed by atoms with Crippen molar-refractivity contribution >= 4 is 15.7 Å². The van der Waals surface area contributed by atoms with Crippen molar-refractivity contribution in [2.75, 3.05) is 5.73 Å². The highest BCUT2D eigenvalue weighted by molar-refractivity contribution is 7.93. The fraction of sp³-hybridized carbons (Fsp3) is 0. The molecular formula is C6H7N2O2S-. The van der Waals surface area contributed by atoms with Gasteiger partial charge in [-0.1, -0.05) is 12.1 Å². The van der Waals surface area contributed by atoms with Crippen LogP contribution in [0.1, 0.15) is 0 Å². The average molecular weight is 171 g/mol. The zero-order valence-electron chi connectivity index (χ0n) is 5.61. The molecule has 0 unspecified atom stereocenters. The first-order valence-electron chi connectivity index (χ1n) is 2.86. The summed E-state index contributed by atoms with van der Waals surface area (Å²) in [4.78, 5) is -0.139. The van der Waals surface area contributed by atoms with E-state index < -0.39 is 10.0 Å². The zero-order chi connectivity index (χ0) is 8.48. The van der Waals surface area contributed by atoms with Gasteiger partial charge in [-0.15, -0.1) is 0 Å². The maximum atomic E-state index is 10.6. The minimum Gasteiger partial charge on any atom is -0.560 e. The van der Waals surface area contributed by atoms with Gasteiger partial charge in [0.2, 0.25) is 0 Å². The Labute approximate surface area is 64.9 Å². The van der Waals surface area contributed by atoms with Crippen LogP contribution < -0.4 is 5.73 Å². The molecule has 0 aliphatic rings. The molecule has 0 radical (unpaired) electrons. The Morgan fingerprint density at radius 1 is 1.27 bits per heavy atom.